The van der Waals surface area contributed by atoms with Crippen LogP contribution in [0.25, 0.3) is 0 Å². The Bertz CT molecular complexity index is 335. The summed E-state index contributed by atoms with van der Waals surface area (Å²) in [6.07, 6.45) is 2.03. The second kappa shape index (κ2) is 3.19. The van der Waals surface area contributed by atoms with Gasteiger partial charge in [0.2, 0.25) is 0 Å². The van der Waals surface area contributed by atoms with E-state index in [9.17, 15) is 4.21 Å². The van der Waals surface area contributed by atoms with Crippen LogP contribution in [0.15, 0.2) is 23.1 Å². The Morgan fingerprint density at radius 2 is 2.25 bits per heavy atom. The quantitative estimate of drug-likeness (QED) is 0.629. The lowest BCUT2D eigenvalue weighted by molar-refractivity contribution is 0.674. The fraction of sp³-hybridized carbons (Fsp3) is 0.333. The zero-order chi connectivity index (χ0) is 8.55. The lowest BCUT2D eigenvalue weighted by Gasteiger charge is -2.14. The number of aryl methyl sites for hydroxylation is 1. The molecule has 0 spiro atoms. The molecular weight excluding hydrogens is 192 g/mol. The molecule has 0 aromatic heterocycles. The van der Waals surface area contributed by atoms with Crippen molar-refractivity contribution >= 4 is 22.4 Å². The minimum absolute atomic E-state index is 0.743. The molecule has 0 bridgehead atoms. The average Bonchev–Trinajstić information content (AvgIpc) is 2.04. The fourth-order valence-electron chi connectivity index (χ4n) is 1.47. The van der Waals surface area contributed by atoms with Gasteiger partial charge in [-0.1, -0.05) is 11.6 Å². The van der Waals surface area contributed by atoms with Crippen LogP contribution < -0.4 is 0 Å². The van der Waals surface area contributed by atoms with Crippen LogP contribution in [0.2, 0.25) is 5.02 Å². The number of hydrogen-bond donors (Lipinski definition) is 0. The third kappa shape index (κ3) is 1.41. The minimum Gasteiger partial charge on any atom is -0.254 e. The van der Waals surface area contributed by atoms with Crippen molar-refractivity contribution in [1.29, 1.82) is 0 Å². The molecule has 1 aromatic rings. The van der Waals surface area contributed by atoms with E-state index in [1.54, 1.807) is 0 Å². The largest absolute Gasteiger partial charge is 0.254 e. The van der Waals surface area contributed by atoms with Crippen LogP contribution >= 0.6 is 11.6 Å². The van der Waals surface area contributed by atoms with Gasteiger partial charge in [-0.25, -0.2) is 0 Å². The van der Waals surface area contributed by atoms with E-state index in [4.69, 9.17) is 11.6 Å². The molecule has 0 N–H and O–H groups in total. The summed E-state index contributed by atoms with van der Waals surface area (Å²) >= 11 is 5.83. The standard InChI is InChI=1S/C9H9ClOS/c10-8-3-4-9-7(6-8)2-1-5-12(9)11/h3-4,6H,1-2,5H2. The minimum atomic E-state index is -0.782. The number of hydrogen-bond acceptors (Lipinski definition) is 1. The Morgan fingerprint density at radius 3 is 3.08 bits per heavy atom. The number of rotatable bonds is 0. The van der Waals surface area contributed by atoms with Gasteiger partial charge in [0.25, 0.3) is 0 Å². The molecule has 64 valence electrons. The molecule has 12 heavy (non-hydrogen) atoms. The van der Waals surface area contributed by atoms with Crippen molar-refractivity contribution in [2.45, 2.75) is 17.7 Å². The lowest BCUT2D eigenvalue weighted by Crippen LogP contribution is -2.09. The predicted octanol–water partition coefficient (Wildman–Crippen LogP) is 2.39. The Labute approximate surface area is 79.2 Å². The van der Waals surface area contributed by atoms with Gasteiger partial charge in [-0.15, -0.1) is 0 Å². The van der Waals surface area contributed by atoms with Crippen molar-refractivity contribution in [3.05, 3.63) is 28.8 Å². The van der Waals surface area contributed by atoms with E-state index in [-0.39, 0.29) is 0 Å². The molecule has 0 radical (unpaired) electrons. The Balaban J connectivity index is 2.53. The van der Waals surface area contributed by atoms with Crippen molar-refractivity contribution < 1.29 is 4.21 Å². The Hall–Kier alpha value is -0.340. The van der Waals surface area contributed by atoms with E-state index in [1.165, 1.54) is 0 Å². The lowest BCUT2D eigenvalue weighted by atomic mass is 10.1. The third-order valence-corrected chi connectivity index (χ3v) is 3.83. The van der Waals surface area contributed by atoms with Crippen LogP contribution in [0.3, 0.4) is 0 Å². The zero-order valence-electron chi connectivity index (χ0n) is 6.55. The Morgan fingerprint density at radius 1 is 1.42 bits per heavy atom. The van der Waals surface area contributed by atoms with Crippen LogP contribution in [0.5, 0.6) is 0 Å². The zero-order valence-corrected chi connectivity index (χ0v) is 8.12. The predicted molar refractivity (Wildman–Crippen MR) is 51.0 cm³/mol. The van der Waals surface area contributed by atoms with Gasteiger partial charge in [0.15, 0.2) is 0 Å². The molecule has 1 aliphatic heterocycles. The van der Waals surface area contributed by atoms with E-state index in [1.807, 2.05) is 18.2 Å². The first kappa shape index (κ1) is 8.27. The van der Waals surface area contributed by atoms with Gasteiger partial charge in [0, 0.05) is 15.7 Å². The highest BCUT2D eigenvalue weighted by molar-refractivity contribution is 7.85. The topological polar surface area (TPSA) is 17.1 Å². The van der Waals surface area contributed by atoms with Crippen molar-refractivity contribution in [2.75, 3.05) is 5.75 Å². The highest BCUT2D eigenvalue weighted by Gasteiger charge is 2.15. The number of benzene rings is 1. The summed E-state index contributed by atoms with van der Waals surface area (Å²) in [6.45, 7) is 0. The van der Waals surface area contributed by atoms with Gasteiger partial charge in [-0.2, -0.15) is 0 Å². The first-order valence-corrected chi connectivity index (χ1v) is 5.64. The highest BCUT2D eigenvalue weighted by atomic mass is 35.5. The van der Waals surface area contributed by atoms with Crippen LogP contribution in [0.4, 0.5) is 0 Å². The molecule has 1 aliphatic rings. The summed E-state index contributed by atoms with van der Waals surface area (Å²) in [6, 6.07) is 5.62. The summed E-state index contributed by atoms with van der Waals surface area (Å²) in [5.41, 5.74) is 1.16. The molecule has 0 saturated heterocycles. The molecule has 1 aromatic carbocycles. The number of halogens is 1. The van der Waals surface area contributed by atoms with Crippen molar-refractivity contribution in [1.82, 2.24) is 0 Å². The van der Waals surface area contributed by atoms with E-state index in [0.717, 1.165) is 34.1 Å². The average molecular weight is 201 g/mol. The van der Waals surface area contributed by atoms with E-state index in [2.05, 4.69) is 0 Å². The second-order valence-electron chi connectivity index (χ2n) is 2.91. The van der Waals surface area contributed by atoms with Gasteiger partial charge in [0.05, 0.1) is 10.8 Å². The summed E-state index contributed by atoms with van der Waals surface area (Å²) in [5.74, 6) is 0.800. The number of fused-ring (bicyclic) bond motifs is 1. The molecule has 1 nitrogen and oxygen atoms in total. The van der Waals surface area contributed by atoms with Gasteiger partial charge < -0.3 is 0 Å². The summed E-state index contributed by atoms with van der Waals surface area (Å²) in [5, 5.41) is 0.743. The maximum atomic E-state index is 11.5. The van der Waals surface area contributed by atoms with E-state index in [0.29, 0.717) is 0 Å². The molecule has 0 saturated carbocycles. The molecule has 0 aliphatic carbocycles. The molecule has 1 atom stereocenters. The van der Waals surface area contributed by atoms with E-state index < -0.39 is 10.8 Å². The summed E-state index contributed by atoms with van der Waals surface area (Å²) < 4.78 is 11.5. The first-order valence-electron chi connectivity index (χ1n) is 3.94. The van der Waals surface area contributed by atoms with Crippen LogP contribution in [0.1, 0.15) is 12.0 Å². The summed E-state index contributed by atoms with van der Waals surface area (Å²) in [4.78, 5) is 0.977. The van der Waals surface area contributed by atoms with Crippen molar-refractivity contribution in [3.8, 4) is 0 Å². The van der Waals surface area contributed by atoms with Crippen LogP contribution in [-0.2, 0) is 17.2 Å². The van der Waals surface area contributed by atoms with Gasteiger partial charge in [-0.3, -0.25) is 4.21 Å². The molecular formula is C9H9ClOS. The van der Waals surface area contributed by atoms with Crippen LogP contribution in [-0.4, -0.2) is 9.96 Å². The van der Waals surface area contributed by atoms with Crippen molar-refractivity contribution in [2.24, 2.45) is 0 Å². The van der Waals surface area contributed by atoms with Gasteiger partial charge >= 0.3 is 0 Å². The highest BCUT2D eigenvalue weighted by Crippen LogP contribution is 2.24. The maximum absolute atomic E-state index is 11.5. The van der Waals surface area contributed by atoms with Gasteiger partial charge in [0.1, 0.15) is 0 Å². The molecule has 2 rings (SSSR count). The third-order valence-electron chi connectivity index (χ3n) is 2.04. The Kier molecular flexibility index (Phi) is 2.20. The molecule has 1 heterocycles. The normalized spacial score (nSPS) is 21.9. The SMILES string of the molecule is O=S1CCCc2cc(Cl)ccc21. The van der Waals surface area contributed by atoms with Crippen molar-refractivity contribution in [3.63, 3.8) is 0 Å². The maximum Gasteiger partial charge on any atom is 0.0532 e. The molecule has 3 heteroatoms. The molecule has 1 unspecified atom stereocenters. The summed E-state index contributed by atoms with van der Waals surface area (Å²) in [7, 11) is -0.782. The van der Waals surface area contributed by atoms with Crippen LogP contribution in [0, 0.1) is 0 Å². The molecule has 0 fully saturated rings. The monoisotopic (exact) mass is 200 g/mol. The fourth-order valence-corrected chi connectivity index (χ4v) is 2.96. The van der Waals surface area contributed by atoms with Gasteiger partial charge in [-0.05, 0) is 36.6 Å². The molecule has 0 amide bonds. The second-order valence-corrected chi connectivity index (χ2v) is 4.88. The van der Waals surface area contributed by atoms with E-state index >= 15 is 0 Å². The first-order chi connectivity index (χ1) is 5.77. The smallest absolute Gasteiger partial charge is 0.0532 e.